The molecule has 0 atom stereocenters. The number of aromatic nitrogens is 4. The van der Waals surface area contributed by atoms with E-state index in [-0.39, 0.29) is 0 Å². The summed E-state index contributed by atoms with van der Waals surface area (Å²) in [5.74, 6) is 0. The van der Waals surface area contributed by atoms with Crippen molar-refractivity contribution < 1.29 is 0 Å². The van der Waals surface area contributed by atoms with Gasteiger partial charge in [-0.15, -0.1) is 0 Å². The van der Waals surface area contributed by atoms with Crippen LogP contribution in [0.5, 0.6) is 0 Å². The van der Waals surface area contributed by atoms with Gasteiger partial charge in [0.2, 0.25) is 0 Å². The Morgan fingerprint density at radius 3 is 2.71 bits per heavy atom. The third-order valence-electron chi connectivity index (χ3n) is 2.00. The van der Waals surface area contributed by atoms with Crippen LogP contribution >= 0.6 is 0 Å². The van der Waals surface area contributed by atoms with Gasteiger partial charge in [-0.05, 0) is 6.07 Å². The molecule has 0 aliphatic rings. The van der Waals surface area contributed by atoms with E-state index in [4.69, 9.17) is 5.73 Å². The lowest BCUT2D eigenvalue weighted by Crippen LogP contribution is -2.01. The van der Waals surface area contributed by atoms with Crippen LogP contribution in [0.15, 0.2) is 24.7 Å². The predicted molar refractivity (Wildman–Crippen MR) is 52.1 cm³/mol. The monoisotopic (exact) mass is 189 g/mol. The van der Waals surface area contributed by atoms with E-state index in [0.29, 0.717) is 6.54 Å². The van der Waals surface area contributed by atoms with E-state index < -0.39 is 0 Å². The second-order valence-corrected chi connectivity index (χ2v) is 2.94. The Morgan fingerprint density at radius 2 is 2.21 bits per heavy atom. The molecule has 14 heavy (non-hydrogen) atoms. The lowest BCUT2D eigenvalue weighted by Gasteiger charge is -2.01. The average molecular weight is 189 g/mol. The van der Waals surface area contributed by atoms with Gasteiger partial charge in [0.15, 0.2) is 0 Å². The summed E-state index contributed by atoms with van der Waals surface area (Å²) in [6.07, 6.45) is 5.12. The second kappa shape index (κ2) is 3.55. The molecule has 0 radical (unpaired) electrons. The zero-order valence-corrected chi connectivity index (χ0v) is 7.88. The summed E-state index contributed by atoms with van der Waals surface area (Å²) in [5, 5.41) is 4.06. The minimum absolute atomic E-state index is 0.415. The molecule has 0 amide bonds. The molecule has 2 heterocycles. The highest BCUT2D eigenvalue weighted by molar-refractivity contribution is 5.52. The zero-order valence-electron chi connectivity index (χ0n) is 7.88. The number of hydrogen-bond acceptors (Lipinski definition) is 4. The number of rotatable bonds is 2. The van der Waals surface area contributed by atoms with Crippen LogP contribution in [0.3, 0.4) is 0 Å². The molecule has 2 aromatic heterocycles. The smallest absolute Gasteiger partial charge is 0.107 e. The zero-order chi connectivity index (χ0) is 9.97. The molecule has 0 aliphatic carbocycles. The molecule has 0 spiro atoms. The Balaban J connectivity index is 2.39. The maximum Gasteiger partial charge on any atom is 0.107 e. The third kappa shape index (κ3) is 1.49. The lowest BCUT2D eigenvalue weighted by molar-refractivity contribution is 0.772. The first-order chi connectivity index (χ1) is 6.81. The van der Waals surface area contributed by atoms with Crippen LogP contribution in [-0.4, -0.2) is 19.7 Å². The van der Waals surface area contributed by atoms with Gasteiger partial charge in [0.1, 0.15) is 5.69 Å². The van der Waals surface area contributed by atoms with Crippen molar-refractivity contribution in [3.8, 4) is 11.4 Å². The minimum Gasteiger partial charge on any atom is -0.325 e. The second-order valence-electron chi connectivity index (χ2n) is 2.94. The molecule has 0 aromatic carbocycles. The molecule has 0 saturated carbocycles. The Hall–Kier alpha value is -1.75. The third-order valence-corrected chi connectivity index (χ3v) is 2.00. The van der Waals surface area contributed by atoms with E-state index in [0.717, 1.165) is 17.1 Å². The van der Waals surface area contributed by atoms with E-state index in [1.54, 1.807) is 23.3 Å². The van der Waals surface area contributed by atoms with Crippen molar-refractivity contribution in [3.05, 3.63) is 30.4 Å². The standard InChI is InChI=1S/C9H11N5/c1-14-9(2-3-13-14)8-6-11-7(4-10)5-12-8/h2-3,5-6H,4,10H2,1H3. The largest absolute Gasteiger partial charge is 0.325 e. The molecular weight excluding hydrogens is 178 g/mol. The van der Waals surface area contributed by atoms with E-state index in [2.05, 4.69) is 15.1 Å². The molecule has 5 nitrogen and oxygen atoms in total. The summed E-state index contributed by atoms with van der Waals surface area (Å²) < 4.78 is 1.76. The molecule has 0 fully saturated rings. The van der Waals surface area contributed by atoms with Crippen LogP contribution in [0.1, 0.15) is 5.69 Å². The highest BCUT2D eigenvalue weighted by Crippen LogP contribution is 2.13. The Bertz CT molecular complexity index is 417. The maximum atomic E-state index is 5.43. The van der Waals surface area contributed by atoms with Gasteiger partial charge in [-0.25, -0.2) is 0 Å². The van der Waals surface area contributed by atoms with Crippen LogP contribution in [0, 0.1) is 0 Å². The first kappa shape index (κ1) is 8.83. The molecule has 2 N–H and O–H groups in total. The van der Waals surface area contributed by atoms with Gasteiger partial charge in [-0.3, -0.25) is 14.6 Å². The van der Waals surface area contributed by atoms with Gasteiger partial charge < -0.3 is 5.73 Å². The van der Waals surface area contributed by atoms with Crippen LogP contribution in [0.25, 0.3) is 11.4 Å². The molecule has 2 aromatic rings. The summed E-state index contributed by atoms with van der Waals surface area (Å²) in [5.41, 5.74) is 7.97. The summed E-state index contributed by atoms with van der Waals surface area (Å²) in [4.78, 5) is 8.42. The Kier molecular flexibility index (Phi) is 2.24. The number of nitrogens with zero attached hydrogens (tertiary/aromatic N) is 4. The highest BCUT2D eigenvalue weighted by atomic mass is 15.3. The first-order valence-electron chi connectivity index (χ1n) is 4.30. The van der Waals surface area contributed by atoms with Crippen LogP contribution in [-0.2, 0) is 13.6 Å². The fourth-order valence-corrected chi connectivity index (χ4v) is 1.22. The van der Waals surface area contributed by atoms with E-state index >= 15 is 0 Å². The molecule has 2 rings (SSSR count). The van der Waals surface area contributed by atoms with Crippen molar-refractivity contribution in [1.82, 2.24) is 19.7 Å². The maximum absolute atomic E-state index is 5.43. The van der Waals surface area contributed by atoms with Crippen molar-refractivity contribution in [2.75, 3.05) is 0 Å². The number of nitrogens with two attached hydrogens (primary N) is 1. The number of aryl methyl sites for hydroxylation is 1. The molecule has 0 aliphatic heterocycles. The van der Waals surface area contributed by atoms with Gasteiger partial charge in [-0.2, -0.15) is 5.10 Å². The molecule has 5 heteroatoms. The SMILES string of the molecule is Cn1nccc1-c1cnc(CN)cn1. The van der Waals surface area contributed by atoms with Gasteiger partial charge in [-0.1, -0.05) is 0 Å². The average Bonchev–Trinajstić information content (AvgIpc) is 2.65. The predicted octanol–water partition coefficient (Wildman–Crippen LogP) is 0.336. The molecule has 0 saturated heterocycles. The van der Waals surface area contributed by atoms with E-state index in [1.807, 2.05) is 13.1 Å². The normalized spacial score (nSPS) is 10.4. The van der Waals surface area contributed by atoms with Crippen molar-refractivity contribution >= 4 is 0 Å². The van der Waals surface area contributed by atoms with Gasteiger partial charge >= 0.3 is 0 Å². The Labute approximate surface area is 81.6 Å². The van der Waals surface area contributed by atoms with Crippen molar-refractivity contribution in [2.24, 2.45) is 12.8 Å². The van der Waals surface area contributed by atoms with Crippen molar-refractivity contribution in [2.45, 2.75) is 6.54 Å². The number of hydrogen-bond donors (Lipinski definition) is 1. The fourth-order valence-electron chi connectivity index (χ4n) is 1.22. The van der Waals surface area contributed by atoms with Crippen LogP contribution < -0.4 is 5.73 Å². The summed E-state index contributed by atoms with van der Waals surface area (Å²) in [6.45, 7) is 0.415. The molecule has 0 bridgehead atoms. The highest BCUT2D eigenvalue weighted by Gasteiger charge is 2.03. The molecule has 72 valence electrons. The van der Waals surface area contributed by atoms with Crippen molar-refractivity contribution in [1.29, 1.82) is 0 Å². The summed E-state index contributed by atoms with van der Waals surface area (Å²) in [7, 11) is 1.87. The van der Waals surface area contributed by atoms with Gasteiger partial charge in [0.05, 0.1) is 23.8 Å². The van der Waals surface area contributed by atoms with Crippen LogP contribution in [0.4, 0.5) is 0 Å². The van der Waals surface area contributed by atoms with Gasteiger partial charge in [0.25, 0.3) is 0 Å². The van der Waals surface area contributed by atoms with Gasteiger partial charge in [0, 0.05) is 19.8 Å². The Morgan fingerprint density at radius 1 is 1.36 bits per heavy atom. The lowest BCUT2D eigenvalue weighted by atomic mass is 10.3. The van der Waals surface area contributed by atoms with Crippen molar-refractivity contribution in [3.63, 3.8) is 0 Å². The minimum atomic E-state index is 0.415. The first-order valence-corrected chi connectivity index (χ1v) is 4.30. The quantitative estimate of drug-likeness (QED) is 0.739. The van der Waals surface area contributed by atoms with E-state index in [1.165, 1.54) is 0 Å². The fraction of sp³-hybridized carbons (Fsp3) is 0.222. The van der Waals surface area contributed by atoms with Crippen LogP contribution in [0.2, 0.25) is 0 Å². The molecular formula is C9H11N5. The van der Waals surface area contributed by atoms with E-state index in [9.17, 15) is 0 Å². The summed E-state index contributed by atoms with van der Waals surface area (Å²) in [6, 6.07) is 1.89. The topological polar surface area (TPSA) is 69.6 Å². The summed E-state index contributed by atoms with van der Waals surface area (Å²) >= 11 is 0. The molecule has 0 unspecified atom stereocenters.